The van der Waals surface area contributed by atoms with Crippen LogP contribution >= 0.6 is 11.3 Å². The zero-order valence-electron chi connectivity index (χ0n) is 26.5. The summed E-state index contributed by atoms with van der Waals surface area (Å²) in [6, 6.07) is 63.0. The van der Waals surface area contributed by atoms with Crippen LogP contribution in [-0.4, -0.2) is 0 Å². The molecule has 0 fully saturated rings. The van der Waals surface area contributed by atoms with Crippen LogP contribution in [0.4, 0.5) is 17.1 Å². The Balaban J connectivity index is 1.21. The molecule has 0 spiro atoms. The summed E-state index contributed by atoms with van der Waals surface area (Å²) in [5.74, 6) is 0. The molecule has 0 aliphatic carbocycles. The number of fused-ring (bicyclic) bond motifs is 8. The number of hydrogen-bond acceptors (Lipinski definition) is 3. The predicted octanol–water partition coefficient (Wildman–Crippen LogP) is 13.9. The Bertz CT molecular complexity index is 2710. The van der Waals surface area contributed by atoms with Crippen LogP contribution in [-0.2, 0) is 0 Å². The van der Waals surface area contributed by atoms with Gasteiger partial charge in [0.25, 0.3) is 0 Å². The minimum atomic E-state index is 0.884. The predicted molar refractivity (Wildman–Crippen MR) is 210 cm³/mol. The Hall–Kier alpha value is -6.16. The van der Waals surface area contributed by atoms with Crippen molar-refractivity contribution in [1.29, 1.82) is 0 Å². The van der Waals surface area contributed by atoms with E-state index in [9.17, 15) is 0 Å². The molecule has 0 aliphatic rings. The first-order valence-corrected chi connectivity index (χ1v) is 17.4. The number of furan rings is 1. The van der Waals surface area contributed by atoms with Crippen molar-refractivity contribution in [2.45, 2.75) is 0 Å². The Morgan fingerprint density at radius 1 is 0.408 bits per heavy atom. The standard InChI is InChI=1S/C46H29NOS/c1-3-10-30(11-4-1)32-18-22-36(23-19-32)47(37-24-20-33(21-25-37)31-12-5-2-6-13-31)40-16-9-17-41-44(40)45-42(48-41)27-26-38-39-28-34-14-7-8-15-35(34)29-43(39)49-46(38)45/h1-29H. The number of hydrogen-bond donors (Lipinski definition) is 0. The summed E-state index contributed by atoms with van der Waals surface area (Å²) < 4.78 is 9.18. The zero-order chi connectivity index (χ0) is 32.3. The molecule has 230 valence electrons. The molecule has 3 heteroatoms. The topological polar surface area (TPSA) is 16.4 Å². The summed E-state index contributed by atoms with van der Waals surface area (Å²) in [6.07, 6.45) is 0. The van der Waals surface area contributed by atoms with Gasteiger partial charge in [-0.05, 0) is 93.7 Å². The van der Waals surface area contributed by atoms with Crippen molar-refractivity contribution in [1.82, 2.24) is 0 Å². The smallest absolute Gasteiger partial charge is 0.137 e. The van der Waals surface area contributed by atoms with Crippen LogP contribution in [0.15, 0.2) is 180 Å². The van der Waals surface area contributed by atoms with E-state index in [0.717, 1.165) is 33.6 Å². The molecule has 0 atom stereocenters. The summed E-state index contributed by atoms with van der Waals surface area (Å²) >= 11 is 1.86. The highest BCUT2D eigenvalue weighted by Gasteiger charge is 2.22. The molecule has 0 saturated heterocycles. The van der Waals surface area contributed by atoms with Crippen molar-refractivity contribution in [3.05, 3.63) is 176 Å². The maximum absolute atomic E-state index is 6.63. The van der Waals surface area contributed by atoms with Gasteiger partial charge in [-0.1, -0.05) is 115 Å². The van der Waals surface area contributed by atoms with Crippen molar-refractivity contribution in [3.63, 3.8) is 0 Å². The molecule has 0 saturated carbocycles. The molecule has 0 bridgehead atoms. The number of rotatable bonds is 5. The summed E-state index contributed by atoms with van der Waals surface area (Å²) in [5, 5.41) is 7.37. The molecule has 0 amide bonds. The largest absolute Gasteiger partial charge is 0.456 e. The SMILES string of the molecule is c1ccc(-c2ccc(N(c3ccc(-c4ccccc4)cc3)c3cccc4oc5ccc6c7cc8ccccc8cc7sc6c5c34)cc2)cc1. The maximum Gasteiger partial charge on any atom is 0.137 e. The van der Waals surface area contributed by atoms with E-state index in [-0.39, 0.29) is 0 Å². The van der Waals surface area contributed by atoms with E-state index in [4.69, 9.17) is 4.42 Å². The molecule has 0 N–H and O–H groups in total. The lowest BCUT2D eigenvalue weighted by molar-refractivity contribution is 0.669. The molecular weight excluding hydrogens is 615 g/mol. The summed E-state index contributed by atoms with van der Waals surface area (Å²) in [4.78, 5) is 2.38. The van der Waals surface area contributed by atoms with E-state index in [1.807, 2.05) is 11.3 Å². The Morgan fingerprint density at radius 3 is 1.59 bits per heavy atom. The quantitative estimate of drug-likeness (QED) is 0.186. The molecule has 10 rings (SSSR count). The molecule has 0 unspecified atom stereocenters. The van der Waals surface area contributed by atoms with Gasteiger partial charge in [-0.15, -0.1) is 11.3 Å². The molecule has 8 aromatic carbocycles. The fraction of sp³-hybridized carbons (Fsp3) is 0. The molecule has 10 aromatic rings. The van der Waals surface area contributed by atoms with Gasteiger partial charge >= 0.3 is 0 Å². The molecule has 0 radical (unpaired) electrons. The van der Waals surface area contributed by atoms with Crippen LogP contribution < -0.4 is 4.90 Å². The molecule has 0 aliphatic heterocycles. The van der Waals surface area contributed by atoms with Gasteiger partial charge in [0.15, 0.2) is 0 Å². The minimum absolute atomic E-state index is 0.884. The van der Waals surface area contributed by atoms with Crippen molar-refractivity contribution in [2.75, 3.05) is 4.90 Å². The lowest BCUT2D eigenvalue weighted by atomic mass is 10.0. The Labute approximate surface area is 287 Å². The molecule has 49 heavy (non-hydrogen) atoms. The van der Waals surface area contributed by atoms with Crippen LogP contribution in [0.5, 0.6) is 0 Å². The zero-order valence-corrected chi connectivity index (χ0v) is 27.3. The number of benzene rings is 8. The summed E-state index contributed by atoms with van der Waals surface area (Å²) in [5.41, 5.74) is 9.84. The second-order valence-electron chi connectivity index (χ2n) is 12.5. The highest BCUT2D eigenvalue weighted by molar-refractivity contribution is 7.26. The van der Waals surface area contributed by atoms with Gasteiger partial charge < -0.3 is 9.32 Å². The van der Waals surface area contributed by atoms with Crippen LogP contribution in [0.3, 0.4) is 0 Å². The summed E-state index contributed by atoms with van der Waals surface area (Å²) in [6.45, 7) is 0. The number of anilines is 3. The van der Waals surface area contributed by atoms with E-state index in [0.29, 0.717) is 0 Å². The fourth-order valence-electron chi connectivity index (χ4n) is 7.28. The molecular formula is C46H29NOS. The number of thiophene rings is 1. The average Bonchev–Trinajstić information content (AvgIpc) is 3.73. The number of nitrogens with zero attached hydrogens (tertiary/aromatic N) is 1. The van der Waals surface area contributed by atoms with E-state index in [1.165, 1.54) is 58.6 Å². The van der Waals surface area contributed by atoms with Crippen LogP contribution in [0, 0.1) is 0 Å². The minimum Gasteiger partial charge on any atom is -0.456 e. The Kier molecular flexibility index (Phi) is 6.39. The second-order valence-corrected chi connectivity index (χ2v) is 13.6. The Morgan fingerprint density at radius 2 is 0.959 bits per heavy atom. The van der Waals surface area contributed by atoms with Gasteiger partial charge in [0.05, 0.1) is 11.1 Å². The lowest BCUT2D eigenvalue weighted by Crippen LogP contribution is -2.10. The third-order valence-corrected chi connectivity index (χ3v) is 10.8. The van der Waals surface area contributed by atoms with Gasteiger partial charge in [-0.2, -0.15) is 0 Å². The van der Waals surface area contributed by atoms with E-state index in [2.05, 4.69) is 181 Å². The first-order valence-electron chi connectivity index (χ1n) is 16.6. The van der Waals surface area contributed by atoms with Crippen molar-refractivity contribution in [2.24, 2.45) is 0 Å². The highest BCUT2D eigenvalue weighted by atomic mass is 32.1. The first-order chi connectivity index (χ1) is 24.3. The van der Waals surface area contributed by atoms with Crippen LogP contribution in [0.2, 0.25) is 0 Å². The molecule has 2 aromatic heterocycles. The van der Waals surface area contributed by atoms with Crippen molar-refractivity contribution in [3.8, 4) is 22.3 Å². The average molecular weight is 644 g/mol. The maximum atomic E-state index is 6.63. The van der Waals surface area contributed by atoms with Crippen LogP contribution in [0.1, 0.15) is 0 Å². The van der Waals surface area contributed by atoms with Gasteiger partial charge in [0.1, 0.15) is 11.2 Å². The highest BCUT2D eigenvalue weighted by Crippen LogP contribution is 2.48. The normalized spacial score (nSPS) is 11.7. The third-order valence-electron chi connectivity index (χ3n) is 9.65. The van der Waals surface area contributed by atoms with Crippen molar-refractivity contribution >= 4 is 81.3 Å². The van der Waals surface area contributed by atoms with E-state index < -0.39 is 0 Å². The van der Waals surface area contributed by atoms with Gasteiger partial charge in [0.2, 0.25) is 0 Å². The van der Waals surface area contributed by atoms with Gasteiger partial charge in [0, 0.05) is 36.9 Å². The lowest BCUT2D eigenvalue weighted by Gasteiger charge is -2.26. The third kappa shape index (κ3) is 4.62. The van der Waals surface area contributed by atoms with E-state index >= 15 is 0 Å². The summed E-state index contributed by atoms with van der Waals surface area (Å²) in [7, 11) is 0. The second kappa shape index (κ2) is 11.2. The van der Waals surface area contributed by atoms with Crippen LogP contribution in [0.25, 0.3) is 75.1 Å². The fourth-order valence-corrected chi connectivity index (χ4v) is 8.56. The molecule has 2 nitrogen and oxygen atoms in total. The van der Waals surface area contributed by atoms with Gasteiger partial charge in [-0.25, -0.2) is 0 Å². The molecule has 2 heterocycles. The van der Waals surface area contributed by atoms with Gasteiger partial charge in [-0.3, -0.25) is 0 Å². The van der Waals surface area contributed by atoms with E-state index in [1.54, 1.807) is 0 Å². The first kappa shape index (κ1) is 27.9. The monoisotopic (exact) mass is 643 g/mol. The van der Waals surface area contributed by atoms with Crippen molar-refractivity contribution < 1.29 is 4.42 Å².